The van der Waals surface area contributed by atoms with Gasteiger partial charge >= 0.3 is 5.97 Å². The summed E-state index contributed by atoms with van der Waals surface area (Å²) in [6.45, 7) is 5.70. The van der Waals surface area contributed by atoms with Crippen LogP contribution < -0.4 is 0 Å². The number of hydrogen-bond donors (Lipinski definition) is 2. The zero-order chi connectivity index (χ0) is 12.8. The number of carbonyl (C=O) groups excluding carboxylic acids is 1. The van der Waals surface area contributed by atoms with E-state index in [0.29, 0.717) is 6.42 Å². The van der Waals surface area contributed by atoms with Gasteiger partial charge in [0.25, 0.3) is 0 Å². The van der Waals surface area contributed by atoms with Crippen molar-refractivity contribution < 1.29 is 19.7 Å². The summed E-state index contributed by atoms with van der Waals surface area (Å²) >= 11 is 0. The van der Waals surface area contributed by atoms with Gasteiger partial charge in [-0.3, -0.25) is 4.79 Å². The van der Waals surface area contributed by atoms with Crippen LogP contribution in [0.2, 0.25) is 0 Å². The van der Waals surface area contributed by atoms with Gasteiger partial charge in [-0.2, -0.15) is 0 Å². The average Bonchev–Trinajstić information content (AvgIpc) is 2.80. The number of aliphatic hydroxyl groups is 2. The maximum atomic E-state index is 11.9. The third kappa shape index (κ3) is 2.08. The minimum atomic E-state index is -0.726. The molecule has 2 saturated carbocycles. The lowest BCUT2D eigenvalue weighted by molar-refractivity contribution is -0.167. The number of hydrogen-bond acceptors (Lipinski definition) is 4. The van der Waals surface area contributed by atoms with Gasteiger partial charge < -0.3 is 14.9 Å². The number of aliphatic hydroxyl groups excluding tert-OH is 2. The van der Waals surface area contributed by atoms with Crippen LogP contribution in [0.15, 0.2) is 0 Å². The Hall–Kier alpha value is -0.610. The van der Waals surface area contributed by atoms with Gasteiger partial charge in [0.1, 0.15) is 6.10 Å². The lowest BCUT2D eigenvalue weighted by Crippen LogP contribution is -2.42. The van der Waals surface area contributed by atoms with Crippen LogP contribution in [-0.4, -0.2) is 34.5 Å². The van der Waals surface area contributed by atoms with Crippen molar-refractivity contribution in [1.29, 1.82) is 0 Å². The van der Waals surface area contributed by atoms with Gasteiger partial charge in [-0.25, -0.2) is 0 Å². The first-order valence-corrected chi connectivity index (χ1v) is 6.44. The van der Waals surface area contributed by atoms with Crippen LogP contribution in [-0.2, 0) is 9.53 Å². The lowest BCUT2D eigenvalue weighted by Gasteiger charge is -2.31. The third-order valence-electron chi connectivity index (χ3n) is 4.55. The smallest absolute Gasteiger partial charge is 0.311 e. The molecule has 0 aliphatic heterocycles. The van der Waals surface area contributed by atoms with Gasteiger partial charge in [0.05, 0.1) is 17.6 Å². The second-order valence-electron chi connectivity index (χ2n) is 6.06. The summed E-state index contributed by atoms with van der Waals surface area (Å²) in [5.41, 5.74) is -0.467. The molecular weight excluding hydrogens is 220 g/mol. The highest BCUT2D eigenvalue weighted by Gasteiger charge is 2.53. The molecule has 0 aromatic heterocycles. The fourth-order valence-electron chi connectivity index (χ4n) is 2.82. The monoisotopic (exact) mass is 242 g/mol. The van der Waals surface area contributed by atoms with Crippen LogP contribution in [0.25, 0.3) is 0 Å². The molecule has 2 fully saturated rings. The largest absolute Gasteiger partial charge is 0.462 e. The molecule has 0 amide bonds. The summed E-state index contributed by atoms with van der Waals surface area (Å²) in [7, 11) is 0. The van der Waals surface area contributed by atoms with Crippen LogP contribution in [0.5, 0.6) is 0 Å². The molecule has 2 bridgehead atoms. The molecule has 0 aromatic carbocycles. The molecule has 2 rings (SSSR count). The number of carbonyl (C=O) groups is 1. The van der Waals surface area contributed by atoms with E-state index in [-0.39, 0.29) is 23.9 Å². The Balaban J connectivity index is 1.97. The van der Waals surface area contributed by atoms with Gasteiger partial charge in [-0.1, -0.05) is 6.92 Å². The first-order chi connectivity index (χ1) is 7.86. The van der Waals surface area contributed by atoms with E-state index in [1.165, 1.54) is 0 Å². The lowest BCUT2D eigenvalue weighted by atomic mass is 9.89. The molecule has 0 spiro atoms. The molecule has 2 N–H and O–H groups in total. The van der Waals surface area contributed by atoms with E-state index >= 15 is 0 Å². The maximum Gasteiger partial charge on any atom is 0.311 e. The first-order valence-electron chi connectivity index (χ1n) is 6.44. The third-order valence-corrected chi connectivity index (χ3v) is 4.55. The molecule has 2 aliphatic rings. The van der Waals surface area contributed by atoms with E-state index < -0.39 is 17.6 Å². The molecule has 5 unspecified atom stereocenters. The molecule has 0 heterocycles. The summed E-state index contributed by atoms with van der Waals surface area (Å²) < 4.78 is 5.51. The summed E-state index contributed by atoms with van der Waals surface area (Å²) in [5.74, 6) is -0.177. The standard InChI is InChI=1S/C13H22O4/c1-4-13(2,3)12(16)17-9-6-7-5-8(9)11(15)10(7)14/h7-11,14-15H,4-6H2,1-3H3. The van der Waals surface area contributed by atoms with Crippen molar-refractivity contribution >= 4 is 5.97 Å². The number of fused-ring (bicyclic) bond motifs is 2. The molecule has 98 valence electrons. The SMILES string of the molecule is CCC(C)(C)C(=O)OC1CC2CC1C(O)C2O. The van der Waals surface area contributed by atoms with Gasteiger partial charge in [-0.15, -0.1) is 0 Å². The van der Waals surface area contributed by atoms with Crippen molar-refractivity contribution in [2.24, 2.45) is 17.3 Å². The van der Waals surface area contributed by atoms with E-state index in [2.05, 4.69) is 0 Å². The second-order valence-corrected chi connectivity index (χ2v) is 6.06. The maximum absolute atomic E-state index is 11.9. The van der Waals surface area contributed by atoms with Crippen molar-refractivity contribution in [3.63, 3.8) is 0 Å². The Morgan fingerprint density at radius 2 is 1.94 bits per heavy atom. The zero-order valence-electron chi connectivity index (χ0n) is 10.7. The van der Waals surface area contributed by atoms with E-state index in [1.807, 2.05) is 20.8 Å². The van der Waals surface area contributed by atoms with E-state index in [1.54, 1.807) is 0 Å². The fourth-order valence-corrected chi connectivity index (χ4v) is 2.82. The highest BCUT2D eigenvalue weighted by atomic mass is 16.5. The van der Waals surface area contributed by atoms with Gasteiger partial charge in [0.15, 0.2) is 0 Å². The van der Waals surface area contributed by atoms with E-state index in [9.17, 15) is 15.0 Å². The molecule has 2 aliphatic carbocycles. The van der Waals surface area contributed by atoms with Gasteiger partial charge in [0, 0.05) is 5.92 Å². The van der Waals surface area contributed by atoms with Crippen LogP contribution in [0.3, 0.4) is 0 Å². The Morgan fingerprint density at radius 3 is 2.41 bits per heavy atom. The van der Waals surface area contributed by atoms with Crippen molar-refractivity contribution in [2.75, 3.05) is 0 Å². The van der Waals surface area contributed by atoms with Crippen molar-refractivity contribution in [3.05, 3.63) is 0 Å². The Labute approximate surface area is 102 Å². The topological polar surface area (TPSA) is 66.8 Å². The molecule has 0 radical (unpaired) electrons. The molecule has 0 saturated heterocycles. The minimum Gasteiger partial charge on any atom is -0.462 e. The highest BCUT2D eigenvalue weighted by molar-refractivity contribution is 5.76. The zero-order valence-corrected chi connectivity index (χ0v) is 10.7. The van der Waals surface area contributed by atoms with Crippen molar-refractivity contribution in [2.45, 2.75) is 58.3 Å². The van der Waals surface area contributed by atoms with Gasteiger partial charge in [-0.05, 0) is 39.0 Å². The molecule has 4 nitrogen and oxygen atoms in total. The summed E-state index contributed by atoms with van der Waals surface area (Å²) in [6.07, 6.45) is 0.626. The van der Waals surface area contributed by atoms with E-state index in [0.717, 1.165) is 12.8 Å². The summed E-state index contributed by atoms with van der Waals surface area (Å²) in [6, 6.07) is 0. The van der Waals surface area contributed by atoms with Crippen LogP contribution in [0.1, 0.15) is 40.0 Å². The van der Waals surface area contributed by atoms with Crippen molar-refractivity contribution in [1.82, 2.24) is 0 Å². The number of esters is 1. The predicted octanol–water partition coefficient (Wildman–Crippen LogP) is 1.10. The van der Waals surface area contributed by atoms with Crippen LogP contribution in [0.4, 0.5) is 0 Å². The molecule has 0 aromatic rings. The summed E-state index contributed by atoms with van der Waals surface area (Å²) in [5, 5.41) is 19.4. The highest BCUT2D eigenvalue weighted by Crippen LogP contribution is 2.46. The van der Waals surface area contributed by atoms with Crippen LogP contribution in [0, 0.1) is 17.3 Å². The average molecular weight is 242 g/mol. The number of rotatable bonds is 3. The summed E-state index contributed by atoms with van der Waals surface area (Å²) in [4.78, 5) is 11.9. The Morgan fingerprint density at radius 1 is 1.29 bits per heavy atom. The van der Waals surface area contributed by atoms with Crippen molar-refractivity contribution in [3.8, 4) is 0 Å². The van der Waals surface area contributed by atoms with Crippen LogP contribution >= 0.6 is 0 Å². The molecule has 4 heteroatoms. The second kappa shape index (κ2) is 4.25. The predicted molar refractivity (Wildman–Crippen MR) is 62.2 cm³/mol. The normalized spacial score (nSPS) is 40.6. The fraction of sp³-hybridized carbons (Fsp3) is 0.923. The van der Waals surface area contributed by atoms with E-state index in [4.69, 9.17) is 4.74 Å². The Bertz CT molecular complexity index is 311. The Kier molecular flexibility index (Phi) is 3.21. The molecular formula is C13H22O4. The number of ether oxygens (including phenoxy) is 1. The molecule has 17 heavy (non-hydrogen) atoms. The first kappa shape index (κ1) is 12.8. The quantitative estimate of drug-likeness (QED) is 0.727. The molecule has 5 atom stereocenters. The van der Waals surface area contributed by atoms with Gasteiger partial charge in [0.2, 0.25) is 0 Å². The minimum absolute atomic E-state index is 0.0772.